The first-order valence-electron chi connectivity index (χ1n) is 4.84. The number of phenols is 1. The number of hydrogen-bond donors (Lipinski definition) is 2. The molecular weight excluding hydrogens is 285 g/mol. The van der Waals surface area contributed by atoms with Gasteiger partial charge >= 0.3 is 0 Å². The summed E-state index contributed by atoms with van der Waals surface area (Å²) in [4.78, 5) is 10.7. The zero-order valence-corrected chi connectivity index (χ0v) is 10.9. The van der Waals surface area contributed by atoms with E-state index in [1.165, 1.54) is 17.8 Å². The molecule has 0 bridgehead atoms. The van der Waals surface area contributed by atoms with Gasteiger partial charge in [0.1, 0.15) is 17.8 Å². The minimum Gasteiger partial charge on any atom is -0.544 e. The smallest absolute Gasteiger partial charge is 0.163 e. The molecule has 1 fully saturated rings. The lowest BCUT2D eigenvalue weighted by Gasteiger charge is -2.13. The lowest BCUT2D eigenvalue weighted by atomic mass is 10.2. The standard InChI is InChI=1S/C10H9Cl2NO3S/c11-4-1-5(8(14)6(12)2-4)9-13-7(3-17-9)10(15)16/h1-2,7,9,13-14H,3H2,(H,15,16)/t7-,9+/m1/s1. The second-order valence-electron chi connectivity index (χ2n) is 3.70. The molecule has 1 heterocycles. The van der Waals surface area contributed by atoms with Crippen LogP contribution in [0.25, 0.3) is 0 Å². The fourth-order valence-corrected chi connectivity index (χ4v) is 3.50. The van der Waals surface area contributed by atoms with E-state index in [-0.39, 0.29) is 16.1 Å². The third-order valence-corrected chi connectivity index (χ3v) is 4.36. The van der Waals surface area contributed by atoms with Gasteiger partial charge in [0.15, 0.2) is 5.37 Å². The SMILES string of the molecule is O=C([O-])[C@H]1CS[C@@H](c2cc(Cl)cc(Cl)c2O)[NH2+]1. The monoisotopic (exact) mass is 293 g/mol. The molecule has 3 N–H and O–H groups in total. The molecule has 92 valence electrons. The van der Waals surface area contributed by atoms with Crippen molar-refractivity contribution < 1.29 is 20.3 Å². The molecule has 0 radical (unpaired) electrons. The van der Waals surface area contributed by atoms with Gasteiger partial charge in [-0.2, -0.15) is 0 Å². The molecule has 0 aliphatic carbocycles. The van der Waals surface area contributed by atoms with Crippen LogP contribution in [-0.4, -0.2) is 22.9 Å². The zero-order valence-electron chi connectivity index (χ0n) is 8.52. The van der Waals surface area contributed by atoms with Crippen molar-refractivity contribution >= 4 is 40.9 Å². The number of rotatable bonds is 2. The molecule has 1 aromatic carbocycles. The first-order valence-corrected chi connectivity index (χ1v) is 6.65. The predicted octanol–water partition coefficient (Wildman–Crippen LogP) is 0.126. The van der Waals surface area contributed by atoms with Crippen LogP contribution in [0.4, 0.5) is 0 Å². The Balaban J connectivity index is 2.27. The first kappa shape index (κ1) is 12.8. The number of benzene rings is 1. The normalized spacial score (nSPS) is 23.9. The molecule has 2 rings (SSSR count). The third kappa shape index (κ3) is 2.63. The predicted molar refractivity (Wildman–Crippen MR) is 64.0 cm³/mol. The van der Waals surface area contributed by atoms with Gasteiger partial charge in [-0.15, -0.1) is 0 Å². The molecule has 17 heavy (non-hydrogen) atoms. The lowest BCUT2D eigenvalue weighted by molar-refractivity contribution is -0.690. The van der Waals surface area contributed by atoms with Crippen molar-refractivity contribution in [2.45, 2.75) is 11.4 Å². The van der Waals surface area contributed by atoms with Gasteiger partial charge in [-0.3, -0.25) is 0 Å². The van der Waals surface area contributed by atoms with E-state index in [2.05, 4.69) is 0 Å². The molecule has 1 saturated heterocycles. The van der Waals surface area contributed by atoms with Gasteiger partial charge < -0.3 is 20.3 Å². The minimum absolute atomic E-state index is 0.0520. The van der Waals surface area contributed by atoms with E-state index >= 15 is 0 Å². The van der Waals surface area contributed by atoms with Crippen LogP contribution in [0.3, 0.4) is 0 Å². The van der Waals surface area contributed by atoms with E-state index in [0.29, 0.717) is 16.3 Å². The summed E-state index contributed by atoms with van der Waals surface area (Å²) in [6.45, 7) is 0. The number of quaternary nitrogens is 1. The molecule has 2 atom stereocenters. The summed E-state index contributed by atoms with van der Waals surface area (Å²) in [5.41, 5.74) is 0.538. The van der Waals surface area contributed by atoms with E-state index in [1.54, 1.807) is 11.4 Å². The van der Waals surface area contributed by atoms with Crippen LogP contribution in [-0.2, 0) is 4.79 Å². The van der Waals surface area contributed by atoms with Crippen LogP contribution in [0.1, 0.15) is 10.9 Å². The largest absolute Gasteiger partial charge is 0.544 e. The van der Waals surface area contributed by atoms with E-state index in [0.717, 1.165) is 0 Å². The molecule has 1 aliphatic heterocycles. The Hall–Kier alpha value is -0.620. The Kier molecular flexibility index (Phi) is 3.73. The van der Waals surface area contributed by atoms with Crippen molar-refractivity contribution in [3.8, 4) is 5.75 Å². The molecule has 0 unspecified atom stereocenters. The lowest BCUT2D eigenvalue weighted by Crippen LogP contribution is -2.90. The van der Waals surface area contributed by atoms with Gasteiger partial charge in [-0.25, -0.2) is 0 Å². The molecule has 0 aromatic heterocycles. The van der Waals surface area contributed by atoms with Gasteiger partial charge in [-0.1, -0.05) is 35.0 Å². The second kappa shape index (κ2) is 4.94. The van der Waals surface area contributed by atoms with E-state index in [1.807, 2.05) is 0 Å². The summed E-state index contributed by atoms with van der Waals surface area (Å²) in [5.74, 6) is -0.729. The number of carboxylic acid groups (broad SMARTS) is 1. The Morgan fingerprint density at radius 2 is 2.24 bits per heavy atom. The van der Waals surface area contributed by atoms with E-state index in [9.17, 15) is 15.0 Å². The third-order valence-electron chi connectivity index (χ3n) is 2.53. The quantitative estimate of drug-likeness (QED) is 0.812. The molecule has 0 saturated carbocycles. The van der Waals surface area contributed by atoms with Crippen molar-refractivity contribution in [3.63, 3.8) is 0 Å². The van der Waals surface area contributed by atoms with Crippen LogP contribution >= 0.6 is 35.0 Å². The first-order chi connectivity index (χ1) is 7.99. The molecule has 0 spiro atoms. The summed E-state index contributed by atoms with van der Waals surface area (Å²) < 4.78 is 0. The van der Waals surface area contributed by atoms with E-state index < -0.39 is 12.0 Å². The molecule has 0 amide bonds. The highest BCUT2D eigenvalue weighted by Crippen LogP contribution is 2.38. The van der Waals surface area contributed by atoms with E-state index in [4.69, 9.17) is 23.2 Å². The summed E-state index contributed by atoms with van der Waals surface area (Å²) in [5, 5.41) is 22.5. The van der Waals surface area contributed by atoms with Crippen molar-refractivity contribution in [1.82, 2.24) is 0 Å². The Bertz CT molecular complexity index is 469. The number of nitrogens with two attached hydrogens (primary N) is 1. The van der Waals surface area contributed by atoms with Crippen molar-refractivity contribution in [2.75, 3.05) is 5.75 Å². The van der Waals surface area contributed by atoms with Crippen LogP contribution in [0.5, 0.6) is 5.75 Å². The molecule has 4 nitrogen and oxygen atoms in total. The number of carboxylic acids is 1. The van der Waals surface area contributed by atoms with Gasteiger partial charge in [0.25, 0.3) is 0 Å². The number of thioether (sulfide) groups is 1. The van der Waals surface area contributed by atoms with Crippen LogP contribution in [0.2, 0.25) is 10.0 Å². The maximum absolute atomic E-state index is 10.7. The highest BCUT2D eigenvalue weighted by Gasteiger charge is 2.33. The van der Waals surface area contributed by atoms with Crippen LogP contribution in [0, 0.1) is 0 Å². The van der Waals surface area contributed by atoms with Crippen molar-refractivity contribution in [3.05, 3.63) is 27.7 Å². The number of carbonyl (C=O) groups excluding carboxylic acids is 1. The highest BCUT2D eigenvalue weighted by atomic mass is 35.5. The molecule has 7 heteroatoms. The fourth-order valence-electron chi connectivity index (χ4n) is 1.67. The number of carbonyl (C=O) groups is 1. The highest BCUT2D eigenvalue weighted by molar-refractivity contribution is 7.99. The average molecular weight is 294 g/mol. The van der Waals surface area contributed by atoms with Gasteiger partial charge in [-0.05, 0) is 12.1 Å². The second-order valence-corrected chi connectivity index (χ2v) is 5.72. The molecule has 1 aromatic rings. The summed E-state index contributed by atoms with van der Waals surface area (Å²) in [7, 11) is 0. The summed E-state index contributed by atoms with van der Waals surface area (Å²) in [6, 6.07) is 2.43. The molecule has 1 aliphatic rings. The maximum Gasteiger partial charge on any atom is 0.163 e. The Labute approximate surface area is 112 Å². The zero-order chi connectivity index (χ0) is 12.6. The number of phenolic OH excluding ortho intramolecular Hbond substituents is 1. The summed E-state index contributed by atoms with van der Waals surface area (Å²) >= 11 is 13.1. The number of hydrogen-bond acceptors (Lipinski definition) is 4. The average Bonchev–Trinajstić information content (AvgIpc) is 2.72. The number of aromatic hydroxyl groups is 1. The van der Waals surface area contributed by atoms with Gasteiger partial charge in [0.2, 0.25) is 0 Å². The van der Waals surface area contributed by atoms with Crippen molar-refractivity contribution in [2.24, 2.45) is 0 Å². The fraction of sp³-hybridized carbons (Fsp3) is 0.300. The minimum atomic E-state index is -1.10. The van der Waals surface area contributed by atoms with Gasteiger partial charge in [0, 0.05) is 5.02 Å². The van der Waals surface area contributed by atoms with Crippen molar-refractivity contribution in [1.29, 1.82) is 0 Å². The van der Waals surface area contributed by atoms with Gasteiger partial charge in [0.05, 0.1) is 16.3 Å². The van der Waals surface area contributed by atoms with Crippen LogP contribution in [0.15, 0.2) is 12.1 Å². The topological polar surface area (TPSA) is 77.0 Å². The van der Waals surface area contributed by atoms with Crippen LogP contribution < -0.4 is 10.4 Å². The maximum atomic E-state index is 10.7. The number of halogens is 2. The molecular formula is C10H9Cl2NO3S. The summed E-state index contributed by atoms with van der Waals surface area (Å²) in [6.07, 6.45) is 0. The Morgan fingerprint density at radius 1 is 1.53 bits per heavy atom. The Morgan fingerprint density at radius 3 is 2.82 bits per heavy atom. The number of aliphatic carboxylic acids is 1.